The number of rotatable bonds is 6. The molecule has 0 aromatic carbocycles. The summed E-state index contributed by atoms with van der Waals surface area (Å²) in [5.41, 5.74) is 0.800. The molecular formula is C10H17F3N2. The summed E-state index contributed by atoms with van der Waals surface area (Å²) in [6.45, 7) is 3.84. The highest BCUT2D eigenvalue weighted by molar-refractivity contribution is 5.02. The second-order valence-corrected chi connectivity index (χ2v) is 4.03. The summed E-state index contributed by atoms with van der Waals surface area (Å²) in [4.78, 5) is 1.47. The minimum Gasteiger partial charge on any atom is -0.316 e. The number of hydrogen-bond donors (Lipinski definition) is 1. The Kier molecular flexibility index (Phi) is 4.16. The quantitative estimate of drug-likeness (QED) is 0.689. The molecule has 0 aliphatic heterocycles. The van der Waals surface area contributed by atoms with E-state index in [1.165, 1.54) is 4.90 Å². The van der Waals surface area contributed by atoms with Crippen molar-refractivity contribution in [3.8, 4) is 0 Å². The van der Waals surface area contributed by atoms with E-state index in [0.29, 0.717) is 13.1 Å². The molecule has 0 aromatic heterocycles. The lowest BCUT2D eigenvalue weighted by Crippen LogP contribution is -2.38. The Morgan fingerprint density at radius 1 is 1.47 bits per heavy atom. The molecule has 5 heteroatoms. The molecule has 0 aromatic rings. The maximum atomic E-state index is 12.2. The van der Waals surface area contributed by atoms with Gasteiger partial charge in [0.15, 0.2) is 0 Å². The molecular weight excluding hydrogens is 205 g/mol. The molecule has 1 rings (SSSR count). The molecule has 0 saturated heterocycles. The highest BCUT2D eigenvalue weighted by Gasteiger charge is 2.37. The van der Waals surface area contributed by atoms with Crippen molar-refractivity contribution >= 4 is 0 Å². The van der Waals surface area contributed by atoms with Crippen molar-refractivity contribution in [3.05, 3.63) is 12.2 Å². The largest absolute Gasteiger partial charge is 0.401 e. The van der Waals surface area contributed by atoms with Gasteiger partial charge in [-0.15, -0.1) is 0 Å². The van der Waals surface area contributed by atoms with Crippen molar-refractivity contribution in [2.24, 2.45) is 0 Å². The molecule has 88 valence electrons. The zero-order chi connectivity index (χ0) is 11.5. The van der Waals surface area contributed by atoms with Crippen LogP contribution in [0.15, 0.2) is 12.2 Å². The van der Waals surface area contributed by atoms with Crippen molar-refractivity contribution in [1.29, 1.82) is 0 Å². The highest BCUT2D eigenvalue weighted by atomic mass is 19.4. The molecule has 1 N–H and O–H groups in total. The third kappa shape index (κ3) is 5.18. The zero-order valence-electron chi connectivity index (χ0n) is 8.90. The minimum absolute atomic E-state index is 0.111. The van der Waals surface area contributed by atoms with Gasteiger partial charge in [0.25, 0.3) is 0 Å². The first-order chi connectivity index (χ1) is 6.92. The molecule has 1 aliphatic carbocycles. The average molecular weight is 222 g/mol. The zero-order valence-corrected chi connectivity index (χ0v) is 8.90. The number of nitrogens with one attached hydrogen (secondary N) is 1. The predicted octanol–water partition coefficient (Wildman–Crippen LogP) is 1.79. The first-order valence-corrected chi connectivity index (χ1v) is 5.04. The van der Waals surface area contributed by atoms with Crippen LogP contribution in [0, 0.1) is 0 Å². The summed E-state index contributed by atoms with van der Waals surface area (Å²) < 4.78 is 36.7. The standard InChI is InChI=1S/C10H17F3N2/c1-8(5-14-2)6-15(9-3-4-9)7-10(11,12)13/h9,14H,1,3-7H2,2H3. The van der Waals surface area contributed by atoms with E-state index < -0.39 is 12.7 Å². The predicted molar refractivity (Wildman–Crippen MR) is 53.7 cm³/mol. The van der Waals surface area contributed by atoms with Crippen LogP contribution in [0.4, 0.5) is 13.2 Å². The van der Waals surface area contributed by atoms with Gasteiger partial charge in [-0.05, 0) is 25.5 Å². The third-order valence-electron chi connectivity index (χ3n) is 2.30. The van der Waals surface area contributed by atoms with Gasteiger partial charge in [-0.2, -0.15) is 13.2 Å². The van der Waals surface area contributed by atoms with E-state index in [1.54, 1.807) is 7.05 Å². The molecule has 0 spiro atoms. The number of nitrogens with zero attached hydrogens (tertiary/aromatic N) is 1. The van der Waals surface area contributed by atoms with Gasteiger partial charge in [-0.3, -0.25) is 4.90 Å². The maximum absolute atomic E-state index is 12.2. The van der Waals surface area contributed by atoms with E-state index in [2.05, 4.69) is 11.9 Å². The van der Waals surface area contributed by atoms with Gasteiger partial charge in [-0.25, -0.2) is 0 Å². The fourth-order valence-corrected chi connectivity index (χ4v) is 1.58. The van der Waals surface area contributed by atoms with Crippen LogP contribution in [0.1, 0.15) is 12.8 Å². The van der Waals surface area contributed by atoms with E-state index in [4.69, 9.17) is 0 Å². The van der Waals surface area contributed by atoms with Gasteiger partial charge in [0.05, 0.1) is 6.54 Å². The number of likely N-dealkylation sites (N-methyl/N-ethyl adjacent to an activating group) is 1. The SMILES string of the molecule is C=C(CNC)CN(CC(F)(F)F)C1CC1. The van der Waals surface area contributed by atoms with Crippen LogP contribution in [0.3, 0.4) is 0 Å². The second kappa shape index (κ2) is 4.99. The molecule has 0 atom stereocenters. The number of hydrogen-bond acceptors (Lipinski definition) is 2. The first-order valence-electron chi connectivity index (χ1n) is 5.04. The van der Waals surface area contributed by atoms with Crippen molar-refractivity contribution in [3.63, 3.8) is 0 Å². The lowest BCUT2D eigenvalue weighted by atomic mass is 10.2. The fraction of sp³-hybridized carbons (Fsp3) is 0.800. The lowest BCUT2D eigenvalue weighted by Gasteiger charge is -2.24. The molecule has 15 heavy (non-hydrogen) atoms. The Hall–Kier alpha value is -0.550. The van der Waals surface area contributed by atoms with Gasteiger partial charge in [0, 0.05) is 19.1 Å². The molecule has 1 saturated carbocycles. The van der Waals surface area contributed by atoms with Crippen molar-refractivity contribution in [2.75, 3.05) is 26.7 Å². The molecule has 0 amide bonds. The highest BCUT2D eigenvalue weighted by Crippen LogP contribution is 2.30. The summed E-state index contributed by atoms with van der Waals surface area (Å²) in [6, 6.07) is 0.111. The third-order valence-corrected chi connectivity index (χ3v) is 2.30. The summed E-state index contributed by atoms with van der Waals surface area (Å²) in [5.74, 6) is 0. The molecule has 1 aliphatic rings. The maximum Gasteiger partial charge on any atom is 0.401 e. The van der Waals surface area contributed by atoms with Crippen molar-refractivity contribution in [1.82, 2.24) is 10.2 Å². The molecule has 2 nitrogen and oxygen atoms in total. The van der Waals surface area contributed by atoms with Crippen LogP contribution in [0.25, 0.3) is 0 Å². The van der Waals surface area contributed by atoms with Crippen LogP contribution in [-0.2, 0) is 0 Å². The lowest BCUT2D eigenvalue weighted by molar-refractivity contribution is -0.146. The summed E-state index contributed by atoms with van der Waals surface area (Å²) in [7, 11) is 1.76. The Morgan fingerprint density at radius 2 is 2.07 bits per heavy atom. The molecule has 0 radical (unpaired) electrons. The summed E-state index contributed by atoms with van der Waals surface area (Å²) in [5, 5.41) is 2.89. The Balaban J connectivity index is 2.40. The van der Waals surface area contributed by atoms with Gasteiger partial charge in [-0.1, -0.05) is 6.58 Å². The van der Waals surface area contributed by atoms with E-state index >= 15 is 0 Å². The van der Waals surface area contributed by atoms with Crippen LogP contribution in [0.5, 0.6) is 0 Å². The smallest absolute Gasteiger partial charge is 0.316 e. The van der Waals surface area contributed by atoms with E-state index in [0.717, 1.165) is 18.4 Å². The van der Waals surface area contributed by atoms with Gasteiger partial charge >= 0.3 is 6.18 Å². The summed E-state index contributed by atoms with van der Waals surface area (Å²) >= 11 is 0. The molecule has 1 fully saturated rings. The van der Waals surface area contributed by atoms with Crippen LogP contribution in [-0.4, -0.2) is 43.8 Å². The topological polar surface area (TPSA) is 15.3 Å². The van der Waals surface area contributed by atoms with Crippen molar-refractivity contribution < 1.29 is 13.2 Å². The normalized spacial score (nSPS) is 17.1. The molecule has 0 bridgehead atoms. The van der Waals surface area contributed by atoms with Crippen LogP contribution < -0.4 is 5.32 Å². The van der Waals surface area contributed by atoms with Gasteiger partial charge in [0.2, 0.25) is 0 Å². The minimum atomic E-state index is -4.11. The van der Waals surface area contributed by atoms with Crippen LogP contribution in [0.2, 0.25) is 0 Å². The molecule has 0 unspecified atom stereocenters. The van der Waals surface area contributed by atoms with Gasteiger partial charge in [0.1, 0.15) is 0 Å². The Bertz CT molecular complexity index is 221. The fourth-order valence-electron chi connectivity index (χ4n) is 1.58. The second-order valence-electron chi connectivity index (χ2n) is 4.03. The Morgan fingerprint density at radius 3 is 2.47 bits per heavy atom. The Labute approximate surface area is 88.1 Å². The summed E-state index contributed by atoms with van der Waals surface area (Å²) in [6.07, 6.45) is -2.35. The van der Waals surface area contributed by atoms with E-state index in [1.807, 2.05) is 0 Å². The molecule has 0 heterocycles. The van der Waals surface area contributed by atoms with Gasteiger partial charge < -0.3 is 5.32 Å². The first kappa shape index (κ1) is 12.5. The van der Waals surface area contributed by atoms with E-state index in [-0.39, 0.29) is 6.04 Å². The number of halogens is 3. The van der Waals surface area contributed by atoms with Crippen molar-refractivity contribution in [2.45, 2.75) is 25.1 Å². The van der Waals surface area contributed by atoms with E-state index in [9.17, 15) is 13.2 Å². The number of alkyl halides is 3. The monoisotopic (exact) mass is 222 g/mol. The van der Waals surface area contributed by atoms with Crippen LogP contribution >= 0.6 is 0 Å². The average Bonchev–Trinajstić information content (AvgIpc) is 2.82.